The van der Waals surface area contributed by atoms with E-state index in [1.165, 1.54) is 56.5 Å². The van der Waals surface area contributed by atoms with Gasteiger partial charge < -0.3 is 20.0 Å². The van der Waals surface area contributed by atoms with Crippen molar-refractivity contribution in [3.63, 3.8) is 0 Å². The van der Waals surface area contributed by atoms with Crippen molar-refractivity contribution in [2.24, 2.45) is 4.99 Å². The smallest absolute Gasteiger partial charge is 0.253 e. The van der Waals surface area contributed by atoms with Gasteiger partial charge in [0.05, 0.1) is 11.4 Å². The quantitative estimate of drug-likeness (QED) is 0.114. The van der Waals surface area contributed by atoms with Gasteiger partial charge in [0, 0.05) is 57.3 Å². The molecule has 0 saturated heterocycles. The van der Waals surface area contributed by atoms with Crippen LogP contribution in [0.4, 0.5) is 11.4 Å². The number of benzene rings is 1. The maximum atomic E-state index is 13.2. The first-order valence-corrected chi connectivity index (χ1v) is 18.1. The van der Waals surface area contributed by atoms with Crippen molar-refractivity contribution in [3.05, 3.63) is 59.5 Å². The van der Waals surface area contributed by atoms with Crippen LogP contribution in [0.3, 0.4) is 0 Å². The second kappa shape index (κ2) is 30.8. The molecule has 1 aromatic rings. The Hall–Kier alpha value is -2.86. The van der Waals surface area contributed by atoms with E-state index in [0.717, 1.165) is 62.1 Å². The number of unbranched alkanes of at least 4 members (excludes halogenated alkanes) is 5. The number of amides is 1. The molecule has 0 unspecified atom stereocenters. The third-order valence-corrected chi connectivity index (χ3v) is 7.51. The SMILES string of the molecule is C/C=C\CC(N/C=C/C=Nc1ccc(C(=O)N(CCCC)CCCC)cc1N(C)C)=C(C)C.CCCCC.CCCCN(C)CC. The lowest BCUT2D eigenvalue weighted by Gasteiger charge is -2.24. The minimum atomic E-state index is 0.106. The standard InChI is InChI=1S/C28H44N4O.C7H17N.C5H12/c1-8-11-15-25(23(4)5)29-18-14-19-30-26-17-16-24(22-27(26)31(6)7)28(33)32(20-12-9-2)21-13-10-3;1-4-6-7-8(3)5-2;1-3-5-4-2/h8,11,14,16-19,22,29H,9-10,12-13,15,20-21H2,1-7H3;4-7H2,1-3H3;3-5H2,1-2H3/b11-8-,18-14+,30-19?;;. The molecule has 1 N–H and O–H groups in total. The monoisotopic (exact) mass is 640 g/mol. The van der Waals surface area contributed by atoms with Gasteiger partial charge in [-0.3, -0.25) is 9.79 Å². The lowest BCUT2D eigenvalue weighted by atomic mass is 10.1. The fourth-order valence-corrected chi connectivity index (χ4v) is 4.22. The Morgan fingerprint density at radius 1 is 0.826 bits per heavy atom. The van der Waals surface area contributed by atoms with Gasteiger partial charge in [0.15, 0.2) is 0 Å². The van der Waals surface area contributed by atoms with E-state index in [4.69, 9.17) is 0 Å². The van der Waals surface area contributed by atoms with E-state index in [2.05, 4.69) is 89.8 Å². The number of allylic oxidation sites excluding steroid dienone is 4. The lowest BCUT2D eigenvalue weighted by molar-refractivity contribution is 0.0751. The van der Waals surface area contributed by atoms with Crippen molar-refractivity contribution in [2.45, 2.75) is 127 Å². The molecule has 0 aliphatic rings. The molecule has 0 heterocycles. The Morgan fingerprint density at radius 3 is 1.85 bits per heavy atom. The van der Waals surface area contributed by atoms with Gasteiger partial charge in [-0.05, 0) is 84.4 Å². The van der Waals surface area contributed by atoms with Gasteiger partial charge in [0.1, 0.15) is 0 Å². The summed E-state index contributed by atoms with van der Waals surface area (Å²) in [4.78, 5) is 24.1. The number of carbonyl (C=O) groups is 1. The summed E-state index contributed by atoms with van der Waals surface area (Å²) in [5.74, 6) is 0.106. The van der Waals surface area contributed by atoms with Crippen LogP contribution in [-0.2, 0) is 0 Å². The van der Waals surface area contributed by atoms with E-state index in [1.807, 2.05) is 61.3 Å². The maximum absolute atomic E-state index is 13.2. The number of hydrogen-bond donors (Lipinski definition) is 1. The molecule has 1 rings (SSSR count). The van der Waals surface area contributed by atoms with Gasteiger partial charge in [-0.25, -0.2) is 0 Å². The first-order chi connectivity index (χ1) is 22.1. The molecule has 1 amide bonds. The van der Waals surface area contributed by atoms with Crippen molar-refractivity contribution in [3.8, 4) is 0 Å². The van der Waals surface area contributed by atoms with Crippen LogP contribution in [0.5, 0.6) is 0 Å². The van der Waals surface area contributed by atoms with Crippen molar-refractivity contribution in [1.82, 2.24) is 15.1 Å². The van der Waals surface area contributed by atoms with Crippen LogP contribution < -0.4 is 10.2 Å². The molecule has 0 aromatic heterocycles. The first-order valence-electron chi connectivity index (χ1n) is 18.1. The summed E-state index contributed by atoms with van der Waals surface area (Å²) in [5, 5.41) is 3.34. The zero-order valence-corrected chi connectivity index (χ0v) is 32.2. The summed E-state index contributed by atoms with van der Waals surface area (Å²) < 4.78 is 0. The van der Waals surface area contributed by atoms with Crippen LogP contribution >= 0.6 is 0 Å². The average molecular weight is 640 g/mol. The highest BCUT2D eigenvalue weighted by atomic mass is 16.2. The van der Waals surface area contributed by atoms with Gasteiger partial charge in [-0.1, -0.05) is 97.8 Å². The molecule has 0 fully saturated rings. The Balaban J connectivity index is 0. The van der Waals surface area contributed by atoms with Crippen molar-refractivity contribution in [1.29, 1.82) is 0 Å². The molecular weight excluding hydrogens is 566 g/mol. The number of nitrogens with one attached hydrogen (secondary N) is 1. The van der Waals surface area contributed by atoms with Crippen molar-refractivity contribution in [2.75, 3.05) is 52.2 Å². The minimum absolute atomic E-state index is 0.106. The number of hydrogen-bond acceptors (Lipinski definition) is 5. The van der Waals surface area contributed by atoms with E-state index in [9.17, 15) is 4.79 Å². The van der Waals surface area contributed by atoms with Crippen LogP contribution in [0.1, 0.15) is 137 Å². The Labute approximate surface area is 286 Å². The fourth-order valence-electron chi connectivity index (χ4n) is 4.22. The Morgan fingerprint density at radius 2 is 1.39 bits per heavy atom. The topological polar surface area (TPSA) is 51.2 Å². The number of rotatable bonds is 20. The minimum Gasteiger partial charge on any atom is -0.376 e. The second-order valence-corrected chi connectivity index (χ2v) is 12.2. The van der Waals surface area contributed by atoms with Crippen LogP contribution in [0, 0.1) is 0 Å². The van der Waals surface area contributed by atoms with Gasteiger partial charge in [-0.2, -0.15) is 0 Å². The zero-order chi connectivity index (χ0) is 35.2. The highest BCUT2D eigenvalue weighted by Crippen LogP contribution is 2.29. The molecular formula is C40H73N5O. The largest absolute Gasteiger partial charge is 0.376 e. The number of carbonyl (C=O) groups excluding carboxylic acids is 1. The molecule has 0 aliphatic heterocycles. The van der Waals surface area contributed by atoms with Crippen molar-refractivity contribution < 1.29 is 4.79 Å². The maximum Gasteiger partial charge on any atom is 0.253 e. The van der Waals surface area contributed by atoms with Crippen LogP contribution in [0.25, 0.3) is 0 Å². The molecule has 6 nitrogen and oxygen atoms in total. The highest BCUT2D eigenvalue weighted by Gasteiger charge is 2.17. The molecule has 264 valence electrons. The predicted molar refractivity (Wildman–Crippen MR) is 208 cm³/mol. The number of anilines is 1. The van der Waals surface area contributed by atoms with Crippen LogP contribution in [0.2, 0.25) is 0 Å². The summed E-state index contributed by atoms with van der Waals surface area (Å²) >= 11 is 0. The first kappa shape index (κ1) is 45.3. The number of aliphatic imine (C=N–C) groups is 1. The molecule has 0 bridgehead atoms. The molecule has 46 heavy (non-hydrogen) atoms. The summed E-state index contributed by atoms with van der Waals surface area (Å²) in [5.41, 5.74) is 4.94. The Bertz CT molecular complexity index is 995. The van der Waals surface area contributed by atoms with Gasteiger partial charge >= 0.3 is 0 Å². The van der Waals surface area contributed by atoms with E-state index in [1.54, 1.807) is 6.21 Å². The van der Waals surface area contributed by atoms with Gasteiger partial charge in [-0.15, -0.1) is 0 Å². The summed E-state index contributed by atoms with van der Waals surface area (Å²) in [6, 6.07) is 5.79. The molecule has 0 atom stereocenters. The number of nitrogens with zero attached hydrogens (tertiary/aromatic N) is 4. The van der Waals surface area contributed by atoms with E-state index < -0.39 is 0 Å². The van der Waals surface area contributed by atoms with Crippen LogP contribution in [-0.4, -0.2) is 69.2 Å². The molecule has 0 spiro atoms. The second-order valence-electron chi connectivity index (χ2n) is 12.2. The summed E-state index contributed by atoms with van der Waals surface area (Å²) in [6.45, 7) is 23.5. The molecule has 6 heteroatoms. The lowest BCUT2D eigenvalue weighted by Crippen LogP contribution is -2.33. The normalized spacial score (nSPS) is 11.0. The predicted octanol–water partition coefficient (Wildman–Crippen LogP) is 10.8. The zero-order valence-electron chi connectivity index (χ0n) is 32.2. The Kier molecular flexibility index (Phi) is 30.3. The molecule has 0 aliphatic carbocycles. The highest BCUT2D eigenvalue weighted by molar-refractivity contribution is 5.96. The molecule has 0 radical (unpaired) electrons. The average Bonchev–Trinajstić information content (AvgIpc) is 3.05. The summed E-state index contributed by atoms with van der Waals surface area (Å²) in [7, 11) is 6.12. The van der Waals surface area contributed by atoms with E-state index in [-0.39, 0.29) is 5.91 Å². The van der Waals surface area contributed by atoms with E-state index in [0.29, 0.717) is 0 Å². The third-order valence-electron chi connectivity index (χ3n) is 7.51. The molecule has 1 aromatic carbocycles. The van der Waals surface area contributed by atoms with E-state index >= 15 is 0 Å². The van der Waals surface area contributed by atoms with Crippen molar-refractivity contribution >= 4 is 23.5 Å². The van der Waals surface area contributed by atoms with Crippen LogP contribution in [0.15, 0.2) is 58.9 Å². The van der Waals surface area contributed by atoms with Gasteiger partial charge in [0.25, 0.3) is 5.91 Å². The fraction of sp³-hybridized carbons (Fsp3) is 0.650. The molecule has 0 saturated carbocycles. The van der Waals surface area contributed by atoms with Gasteiger partial charge in [0.2, 0.25) is 0 Å². The third kappa shape index (κ3) is 22.6. The summed E-state index contributed by atoms with van der Waals surface area (Å²) in [6.07, 6.45) is 21.6.